The van der Waals surface area contributed by atoms with Crippen molar-refractivity contribution in [2.75, 3.05) is 6.61 Å². The molecule has 29 heavy (non-hydrogen) atoms. The number of imide groups is 1. The SMILES string of the molecule is C[C@H](C[C@H](C)C(=O)Sc1ccccn1)C(=O)N1C(=O)OC[C@@H]1Cc1ccccc1. The molecule has 1 aliphatic rings. The summed E-state index contributed by atoms with van der Waals surface area (Å²) in [6, 6.07) is 14.8. The van der Waals surface area contributed by atoms with Gasteiger partial charge in [0.1, 0.15) is 11.6 Å². The van der Waals surface area contributed by atoms with Gasteiger partial charge in [0.15, 0.2) is 5.12 Å². The number of hydrogen-bond acceptors (Lipinski definition) is 6. The van der Waals surface area contributed by atoms with Crippen molar-refractivity contribution in [3.05, 3.63) is 60.3 Å². The first-order valence-corrected chi connectivity index (χ1v) is 10.4. The molecule has 6 nitrogen and oxygen atoms in total. The molecule has 3 rings (SSSR count). The van der Waals surface area contributed by atoms with Crippen LogP contribution in [0.25, 0.3) is 0 Å². The van der Waals surface area contributed by atoms with Crippen molar-refractivity contribution in [2.45, 2.75) is 37.8 Å². The number of pyridine rings is 1. The van der Waals surface area contributed by atoms with Crippen LogP contribution in [0.1, 0.15) is 25.8 Å². The monoisotopic (exact) mass is 412 g/mol. The number of nitrogens with zero attached hydrogens (tertiary/aromatic N) is 2. The van der Waals surface area contributed by atoms with E-state index in [1.54, 1.807) is 32.2 Å². The zero-order valence-corrected chi connectivity index (χ0v) is 17.3. The quantitative estimate of drug-likeness (QED) is 0.641. The number of hydrogen-bond donors (Lipinski definition) is 0. The van der Waals surface area contributed by atoms with Gasteiger partial charge in [-0.15, -0.1) is 0 Å². The molecule has 1 aromatic heterocycles. The van der Waals surface area contributed by atoms with Crippen molar-refractivity contribution in [1.82, 2.24) is 9.88 Å². The second-order valence-corrected chi connectivity index (χ2v) is 8.28. The maximum atomic E-state index is 13.0. The van der Waals surface area contributed by atoms with Gasteiger partial charge < -0.3 is 4.74 Å². The van der Waals surface area contributed by atoms with Crippen molar-refractivity contribution < 1.29 is 19.1 Å². The van der Waals surface area contributed by atoms with E-state index in [1.165, 1.54) is 4.90 Å². The predicted molar refractivity (Wildman–Crippen MR) is 110 cm³/mol. The van der Waals surface area contributed by atoms with E-state index in [4.69, 9.17) is 4.74 Å². The molecule has 3 atom stereocenters. The minimum Gasteiger partial charge on any atom is -0.447 e. The number of rotatable bonds is 7. The first-order chi connectivity index (χ1) is 14.0. The summed E-state index contributed by atoms with van der Waals surface area (Å²) in [5.74, 6) is -1.11. The van der Waals surface area contributed by atoms with E-state index in [2.05, 4.69) is 4.98 Å². The number of thioether (sulfide) groups is 1. The van der Waals surface area contributed by atoms with E-state index in [0.29, 0.717) is 17.9 Å². The molecular formula is C22H24N2O4S. The van der Waals surface area contributed by atoms with Gasteiger partial charge in [0.25, 0.3) is 0 Å². The average Bonchev–Trinajstić information content (AvgIpc) is 3.08. The second kappa shape index (κ2) is 9.69. The summed E-state index contributed by atoms with van der Waals surface area (Å²) in [5, 5.41) is 0.586. The molecule has 0 N–H and O–H groups in total. The van der Waals surface area contributed by atoms with Gasteiger partial charge in [-0.1, -0.05) is 50.2 Å². The molecular weight excluding hydrogens is 388 g/mol. The van der Waals surface area contributed by atoms with Crippen LogP contribution in [0.4, 0.5) is 4.79 Å². The summed E-state index contributed by atoms with van der Waals surface area (Å²) in [7, 11) is 0. The average molecular weight is 413 g/mol. The number of amides is 2. The maximum absolute atomic E-state index is 13.0. The van der Waals surface area contributed by atoms with E-state index in [9.17, 15) is 14.4 Å². The topological polar surface area (TPSA) is 76.6 Å². The Kier molecular flexibility index (Phi) is 7.04. The van der Waals surface area contributed by atoms with Gasteiger partial charge in [-0.05, 0) is 42.3 Å². The second-order valence-electron chi connectivity index (χ2n) is 7.26. The Morgan fingerprint density at radius 3 is 2.55 bits per heavy atom. The molecule has 2 heterocycles. The van der Waals surface area contributed by atoms with Crippen molar-refractivity contribution in [3.8, 4) is 0 Å². The summed E-state index contributed by atoms with van der Waals surface area (Å²) in [4.78, 5) is 43.0. The number of ether oxygens (including phenoxy) is 1. The van der Waals surface area contributed by atoms with Crippen molar-refractivity contribution in [3.63, 3.8) is 0 Å². The molecule has 152 valence electrons. The third-order valence-electron chi connectivity index (χ3n) is 4.89. The normalized spacial score (nSPS) is 18.2. The predicted octanol–water partition coefficient (Wildman–Crippen LogP) is 3.95. The van der Waals surface area contributed by atoms with Gasteiger partial charge in [-0.3, -0.25) is 9.59 Å². The Labute approximate surface area is 174 Å². The molecule has 0 unspecified atom stereocenters. The minimum atomic E-state index is -0.607. The van der Waals surface area contributed by atoms with Crippen LogP contribution < -0.4 is 0 Å². The van der Waals surface area contributed by atoms with E-state index in [1.807, 2.05) is 36.4 Å². The van der Waals surface area contributed by atoms with Gasteiger partial charge in [0.05, 0.1) is 6.04 Å². The standard InChI is InChI=1S/C22H24N2O4S/c1-15(12-16(2)21(26)29-19-10-6-7-11-23-19)20(25)24-18(14-28-22(24)27)13-17-8-4-3-5-9-17/h3-11,15-16,18H,12-14H2,1-2H3/t15-,16+,18+/m1/s1. The molecule has 7 heteroatoms. The summed E-state index contributed by atoms with van der Waals surface area (Å²) in [6.45, 7) is 3.74. The lowest BCUT2D eigenvalue weighted by Gasteiger charge is -2.24. The zero-order valence-electron chi connectivity index (χ0n) is 16.5. The van der Waals surface area contributed by atoms with Crippen LogP contribution in [0, 0.1) is 11.8 Å². The largest absolute Gasteiger partial charge is 0.447 e. The third kappa shape index (κ3) is 5.44. The van der Waals surface area contributed by atoms with E-state index >= 15 is 0 Å². The highest BCUT2D eigenvalue weighted by atomic mass is 32.2. The smallest absolute Gasteiger partial charge is 0.416 e. The number of carbonyl (C=O) groups is 3. The number of cyclic esters (lactones) is 1. The Hall–Kier alpha value is -2.67. The molecule has 1 saturated heterocycles. The van der Waals surface area contributed by atoms with Crippen LogP contribution in [0.5, 0.6) is 0 Å². The van der Waals surface area contributed by atoms with Gasteiger partial charge >= 0.3 is 6.09 Å². The van der Waals surface area contributed by atoms with Crippen LogP contribution >= 0.6 is 11.8 Å². The first-order valence-electron chi connectivity index (χ1n) is 9.62. The van der Waals surface area contributed by atoms with Crippen molar-refractivity contribution in [2.24, 2.45) is 11.8 Å². The lowest BCUT2D eigenvalue weighted by atomic mass is 9.96. The Morgan fingerprint density at radius 2 is 1.86 bits per heavy atom. The number of aromatic nitrogens is 1. The minimum absolute atomic E-state index is 0.0480. The molecule has 1 aromatic carbocycles. The molecule has 0 radical (unpaired) electrons. The summed E-state index contributed by atoms with van der Waals surface area (Å²) in [6.07, 6.45) is 1.94. The number of carbonyl (C=O) groups excluding carboxylic acids is 3. The van der Waals surface area contributed by atoms with Crippen molar-refractivity contribution in [1.29, 1.82) is 0 Å². The fraction of sp³-hybridized carbons (Fsp3) is 0.364. The molecule has 0 saturated carbocycles. The molecule has 0 bridgehead atoms. The Morgan fingerprint density at radius 1 is 1.14 bits per heavy atom. The maximum Gasteiger partial charge on any atom is 0.416 e. The fourth-order valence-corrected chi connectivity index (χ4v) is 4.11. The van der Waals surface area contributed by atoms with Crippen LogP contribution in [0.2, 0.25) is 0 Å². The first kappa shape index (κ1) is 21.0. The van der Waals surface area contributed by atoms with Crippen molar-refractivity contribution >= 4 is 28.9 Å². The summed E-state index contributed by atoms with van der Waals surface area (Å²) in [5.41, 5.74) is 1.04. The highest BCUT2D eigenvalue weighted by Gasteiger charge is 2.40. The highest BCUT2D eigenvalue weighted by Crippen LogP contribution is 2.27. The lowest BCUT2D eigenvalue weighted by molar-refractivity contribution is -0.133. The third-order valence-corrected chi connectivity index (χ3v) is 5.94. The van der Waals surface area contributed by atoms with Gasteiger partial charge in [-0.2, -0.15) is 0 Å². The van der Waals surface area contributed by atoms with E-state index in [-0.39, 0.29) is 29.6 Å². The molecule has 1 fully saturated rings. The Bertz CT molecular complexity index is 860. The lowest BCUT2D eigenvalue weighted by Crippen LogP contribution is -2.43. The van der Waals surface area contributed by atoms with Crippen LogP contribution in [0.3, 0.4) is 0 Å². The summed E-state index contributed by atoms with van der Waals surface area (Å²) < 4.78 is 5.14. The molecule has 2 aromatic rings. The van der Waals surface area contributed by atoms with Gasteiger partial charge in [0.2, 0.25) is 5.91 Å². The molecule has 2 amide bonds. The highest BCUT2D eigenvalue weighted by molar-refractivity contribution is 8.13. The van der Waals surface area contributed by atoms with Gasteiger partial charge in [0, 0.05) is 18.0 Å². The summed E-state index contributed by atoms with van der Waals surface area (Å²) >= 11 is 1.07. The van der Waals surface area contributed by atoms with E-state index < -0.39 is 12.0 Å². The van der Waals surface area contributed by atoms with Crippen LogP contribution in [-0.2, 0) is 20.7 Å². The molecule has 0 aliphatic carbocycles. The van der Waals surface area contributed by atoms with Crippen LogP contribution in [0.15, 0.2) is 59.8 Å². The van der Waals surface area contributed by atoms with E-state index in [0.717, 1.165) is 17.3 Å². The molecule has 1 aliphatic heterocycles. The number of benzene rings is 1. The fourth-order valence-electron chi connectivity index (χ4n) is 3.34. The Balaban J connectivity index is 1.60. The van der Waals surface area contributed by atoms with Crippen LogP contribution in [-0.4, -0.2) is 39.6 Å². The van der Waals surface area contributed by atoms with Gasteiger partial charge in [-0.25, -0.2) is 14.7 Å². The molecule has 0 spiro atoms. The zero-order chi connectivity index (χ0) is 20.8.